The smallest absolute Gasteiger partial charge is 0.274 e. The van der Waals surface area contributed by atoms with Gasteiger partial charge in [-0.15, -0.1) is 0 Å². The number of benzene rings is 2. The van der Waals surface area contributed by atoms with Crippen molar-refractivity contribution in [1.29, 1.82) is 0 Å². The van der Waals surface area contributed by atoms with Gasteiger partial charge in [0.15, 0.2) is 11.5 Å². The first-order valence-corrected chi connectivity index (χ1v) is 8.69. The maximum absolute atomic E-state index is 13.1. The highest BCUT2D eigenvalue weighted by Gasteiger charge is 2.19. The van der Waals surface area contributed by atoms with Crippen molar-refractivity contribution in [3.8, 4) is 0 Å². The third-order valence-corrected chi connectivity index (χ3v) is 4.18. The fourth-order valence-corrected chi connectivity index (χ4v) is 2.58. The summed E-state index contributed by atoms with van der Waals surface area (Å²) in [6.45, 7) is 3.70. The van der Waals surface area contributed by atoms with Gasteiger partial charge >= 0.3 is 0 Å². The van der Waals surface area contributed by atoms with Crippen LogP contribution >= 0.6 is 0 Å². The molecule has 2 aromatic carbocycles. The fraction of sp³-hybridized carbons (Fsp3) is 0.143. The molecule has 3 rings (SSSR count). The van der Waals surface area contributed by atoms with Crippen molar-refractivity contribution in [2.24, 2.45) is 0 Å². The number of aromatic nitrogens is 2. The molecule has 1 heterocycles. The van der Waals surface area contributed by atoms with Gasteiger partial charge in [-0.1, -0.05) is 29.8 Å². The number of carbonyl (C=O) groups is 2. The normalized spacial score (nSPS) is 11.5. The molecule has 0 unspecified atom stereocenters. The van der Waals surface area contributed by atoms with Crippen molar-refractivity contribution < 1.29 is 14.0 Å². The molecule has 7 heteroatoms. The minimum Gasteiger partial charge on any atom is -0.344 e. The van der Waals surface area contributed by atoms with E-state index in [0.29, 0.717) is 5.56 Å². The maximum Gasteiger partial charge on any atom is 0.274 e. The van der Waals surface area contributed by atoms with Crippen LogP contribution in [-0.4, -0.2) is 21.8 Å². The molecule has 3 aromatic rings. The van der Waals surface area contributed by atoms with Gasteiger partial charge in [-0.25, -0.2) is 14.4 Å². The minimum atomic E-state index is -0.496. The van der Waals surface area contributed by atoms with Gasteiger partial charge in [0.2, 0.25) is 0 Å². The Morgan fingerprint density at radius 3 is 2.25 bits per heavy atom. The predicted molar refractivity (Wildman–Crippen MR) is 103 cm³/mol. The van der Waals surface area contributed by atoms with Gasteiger partial charge in [0.25, 0.3) is 11.8 Å². The molecule has 0 aliphatic heterocycles. The molecule has 28 heavy (non-hydrogen) atoms. The molecule has 0 saturated heterocycles. The molecule has 0 bridgehead atoms. The number of carbonyl (C=O) groups excluding carboxylic acids is 2. The Balaban J connectivity index is 1.75. The van der Waals surface area contributed by atoms with E-state index in [9.17, 15) is 14.0 Å². The van der Waals surface area contributed by atoms with Crippen LogP contribution < -0.4 is 10.6 Å². The van der Waals surface area contributed by atoms with Crippen molar-refractivity contribution in [1.82, 2.24) is 15.3 Å². The highest BCUT2D eigenvalue weighted by atomic mass is 19.1. The van der Waals surface area contributed by atoms with E-state index in [1.165, 1.54) is 24.5 Å². The molecule has 0 aliphatic rings. The summed E-state index contributed by atoms with van der Waals surface area (Å²) >= 11 is 0. The Morgan fingerprint density at radius 1 is 0.929 bits per heavy atom. The molecule has 1 atom stereocenters. The first kappa shape index (κ1) is 19.2. The van der Waals surface area contributed by atoms with Crippen molar-refractivity contribution in [2.45, 2.75) is 19.9 Å². The van der Waals surface area contributed by atoms with Gasteiger partial charge in [0.05, 0.1) is 6.04 Å². The van der Waals surface area contributed by atoms with Crippen LogP contribution in [0.5, 0.6) is 0 Å². The van der Waals surface area contributed by atoms with Crippen LogP contribution in [0, 0.1) is 12.7 Å². The number of nitrogens with zero attached hydrogens (tertiary/aromatic N) is 2. The van der Waals surface area contributed by atoms with E-state index in [1.807, 2.05) is 19.1 Å². The number of rotatable bonds is 5. The molecule has 2 amide bonds. The van der Waals surface area contributed by atoms with Gasteiger partial charge in [0, 0.05) is 18.0 Å². The number of hydrogen-bond donors (Lipinski definition) is 2. The summed E-state index contributed by atoms with van der Waals surface area (Å²) in [5.41, 5.74) is 2.22. The Kier molecular flexibility index (Phi) is 5.74. The predicted octanol–water partition coefficient (Wildman–Crippen LogP) is 3.67. The average molecular weight is 378 g/mol. The Morgan fingerprint density at radius 2 is 1.57 bits per heavy atom. The lowest BCUT2D eigenvalue weighted by molar-refractivity contribution is 0.0935. The second-order valence-electron chi connectivity index (χ2n) is 6.32. The number of halogens is 1. The number of aryl methyl sites for hydroxylation is 1. The van der Waals surface area contributed by atoms with E-state index in [4.69, 9.17) is 0 Å². The lowest BCUT2D eigenvalue weighted by Gasteiger charge is -2.15. The van der Waals surface area contributed by atoms with E-state index in [-0.39, 0.29) is 29.3 Å². The Labute approximate surface area is 161 Å². The zero-order chi connectivity index (χ0) is 20.1. The summed E-state index contributed by atoms with van der Waals surface area (Å²) in [6.07, 6.45) is 2.77. The zero-order valence-electron chi connectivity index (χ0n) is 15.4. The van der Waals surface area contributed by atoms with Crippen molar-refractivity contribution in [3.05, 3.63) is 89.1 Å². The lowest BCUT2D eigenvalue weighted by Crippen LogP contribution is -2.29. The van der Waals surface area contributed by atoms with Gasteiger partial charge in [0.1, 0.15) is 5.82 Å². The van der Waals surface area contributed by atoms with E-state index in [1.54, 1.807) is 31.2 Å². The molecule has 0 spiro atoms. The van der Waals surface area contributed by atoms with Gasteiger partial charge < -0.3 is 10.6 Å². The third-order valence-electron chi connectivity index (χ3n) is 4.18. The average Bonchev–Trinajstić information content (AvgIpc) is 2.69. The molecule has 1 aromatic heterocycles. The number of amides is 2. The lowest BCUT2D eigenvalue weighted by atomic mass is 10.1. The molecule has 2 N–H and O–H groups in total. The molecule has 142 valence electrons. The van der Waals surface area contributed by atoms with Crippen LogP contribution in [0.25, 0.3) is 0 Å². The quantitative estimate of drug-likeness (QED) is 0.710. The summed E-state index contributed by atoms with van der Waals surface area (Å²) < 4.78 is 13.1. The Hall–Kier alpha value is -3.61. The Bertz CT molecular complexity index is 988. The van der Waals surface area contributed by atoms with Crippen LogP contribution in [0.2, 0.25) is 0 Å². The highest BCUT2D eigenvalue weighted by molar-refractivity contribution is 6.07. The first-order chi connectivity index (χ1) is 13.4. The van der Waals surface area contributed by atoms with Crippen LogP contribution in [0.1, 0.15) is 44.9 Å². The highest BCUT2D eigenvalue weighted by Crippen LogP contribution is 2.16. The SMILES string of the molecule is Cc1ccc(C(=O)Nc2nccnc2C(=O)N[C@@H](C)c2ccc(F)cc2)cc1. The summed E-state index contributed by atoms with van der Waals surface area (Å²) in [7, 11) is 0. The largest absolute Gasteiger partial charge is 0.344 e. The number of nitrogens with one attached hydrogen (secondary N) is 2. The first-order valence-electron chi connectivity index (χ1n) is 8.69. The van der Waals surface area contributed by atoms with E-state index in [2.05, 4.69) is 20.6 Å². The van der Waals surface area contributed by atoms with Crippen molar-refractivity contribution in [3.63, 3.8) is 0 Å². The van der Waals surface area contributed by atoms with E-state index < -0.39 is 5.91 Å². The molecule has 6 nitrogen and oxygen atoms in total. The third kappa shape index (κ3) is 4.56. The fourth-order valence-electron chi connectivity index (χ4n) is 2.58. The second-order valence-corrected chi connectivity index (χ2v) is 6.32. The molecule has 0 radical (unpaired) electrons. The van der Waals surface area contributed by atoms with Gasteiger partial charge in [-0.2, -0.15) is 0 Å². The molecular weight excluding hydrogens is 359 g/mol. The minimum absolute atomic E-state index is 0.00285. The summed E-state index contributed by atoms with van der Waals surface area (Å²) in [5.74, 6) is -1.17. The maximum atomic E-state index is 13.1. The summed E-state index contributed by atoms with van der Waals surface area (Å²) in [4.78, 5) is 33.2. The summed E-state index contributed by atoms with van der Waals surface area (Å²) in [5, 5.41) is 5.40. The van der Waals surface area contributed by atoms with Crippen LogP contribution in [0.4, 0.5) is 10.2 Å². The number of anilines is 1. The molecule has 0 saturated carbocycles. The van der Waals surface area contributed by atoms with Crippen molar-refractivity contribution in [2.75, 3.05) is 5.32 Å². The standard InChI is InChI=1S/C21H19FN4O2/c1-13-3-5-16(6-4-13)20(27)26-19-18(23-11-12-24-19)21(28)25-14(2)15-7-9-17(22)10-8-15/h3-12,14H,1-2H3,(H,25,28)(H,24,26,27)/t14-/m0/s1. The second kappa shape index (κ2) is 8.39. The molecular formula is C21H19FN4O2. The molecule has 0 aliphatic carbocycles. The number of hydrogen-bond acceptors (Lipinski definition) is 4. The van der Waals surface area contributed by atoms with Gasteiger partial charge in [-0.3, -0.25) is 9.59 Å². The van der Waals surface area contributed by atoms with Crippen LogP contribution in [-0.2, 0) is 0 Å². The monoisotopic (exact) mass is 378 g/mol. The summed E-state index contributed by atoms with van der Waals surface area (Å²) in [6, 6.07) is 12.5. The zero-order valence-corrected chi connectivity index (χ0v) is 15.4. The van der Waals surface area contributed by atoms with Crippen LogP contribution in [0.3, 0.4) is 0 Å². The van der Waals surface area contributed by atoms with Crippen LogP contribution in [0.15, 0.2) is 60.9 Å². The molecule has 0 fully saturated rings. The van der Waals surface area contributed by atoms with Crippen molar-refractivity contribution >= 4 is 17.6 Å². The van der Waals surface area contributed by atoms with E-state index >= 15 is 0 Å². The van der Waals surface area contributed by atoms with E-state index in [0.717, 1.165) is 11.1 Å². The topological polar surface area (TPSA) is 84.0 Å². The van der Waals surface area contributed by atoms with Gasteiger partial charge in [-0.05, 0) is 43.7 Å².